The molecule has 2 aromatic carbocycles. The Morgan fingerprint density at radius 1 is 1.07 bits per heavy atom. The molecule has 9 heteroatoms. The number of esters is 1. The number of carbonyl (C=O) groups is 1. The van der Waals surface area contributed by atoms with Gasteiger partial charge in [0.05, 0.1) is 12.5 Å². The van der Waals surface area contributed by atoms with Gasteiger partial charge in [-0.1, -0.05) is 18.2 Å². The molecule has 0 radical (unpaired) electrons. The minimum absolute atomic E-state index is 0.0394. The van der Waals surface area contributed by atoms with Crippen molar-refractivity contribution in [3.05, 3.63) is 70.5 Å². The van der Waals surface area contributed by atoms with Gasteiger partial charge in [0.15, 0.2) is 12.3 Å². The SMILES string of the molecule is COc1ccc(-c2nnc(COC(=O)c3nn(C)c(=O)c4ccccc34)o2)cc1. The van der Waals surface area contributed by atoms with Crippen molar-refractivity contribution in [2.45, 2.75) is 6.61 Å². The average molecular weight is 392 g/mol. The average Bonchev–Trinajstić information content (AvgIpc) is 3.24. The summed E-state index contributed by atoms with van der Waals surface area (Å²) in [6, 6.07) is 13.8. The molecule has 0 aliphatic heterocycles. The lowest BCUT2D eigenvalue weighted by molar-refractivity contribution is 0.0431. The standard InChI is InChI=1S/C20H16N4O5/c1-24-19(25)15-6-4-3-5-14(15)17(23-24)20(26)28-11-16-21-22-18(29-16)12-7-9-13(27-2)10-8-12/h3-10H,11H2,1-2H3. The topological polar surface area (TPSA) is 109 Å². The lowest BCUT2D eigenvalue weighted by Gasteiger charge is -2.07. The largest absolute Gasteiger partial charge is 0.497 e. The highest BCUT2D eigenvalue weighted by Gasteiger charge is 2.18. The second-order valence-electron chi connectivity index (χ2n) is 6.13. The van der Waals surface area contributed by atoms with Gasteiger partial charge in [0.25, 0.3) is 11.4 Å². The fourth-order valence-corrected chi connectivity index (χ4v) is 2.81. The number of benzene rings is 2. The van der Waals surface area contributed by atoms with Crippen LogP contribution in [0.3, 0.4) is 0 Å². The minimum Gasteiger partial charge on any atom is -0.497 e. The van der Waals surface area contributed by atoms with E-state index >= 15 is 0 Å². The molecule has 4 aromatic rings. The molecule has 2 aromatic heterocycles. The molecule has 0 unspecified atom stereocenters. The molecule has 0 aliphatic carbocycles. The second kappa shape index (κ2) is 7.55. The minimum atomic E-state index is -0.694. The Hall–Kier alpha value is -4.01. The first-order valence-electron chi connectivity index (χ1n) is 8.67. The number of nitrogens with zero attached hydrogens (tertiary/aromatic N) is 4. The van der Waals surface area contributed by atoms with Gasteiger partial charge in [0.2, 0.25) is 5.89 Å². The molecule has 146 valence electrons. The van der Waals surface area contributed by atoms with Gasteiger partial charge >= 0.3 is 5.97 Å². The van der Waals surface area contributed by atoms with E-state index in [-0.39, 0.29) is 23.8 Å². The lowest BCUT2D eigenvalue weighted by Crippen LogP contribution is -2.23. The van der Waals surface area contributed by atoms with Crippen molar-refractivity contribution in [1.82, 2.24) is 20.0 Å². The van der Waals surface area contributed by atoms with Crippen LogP contribution in [0.15, 0.2) is 57.7 Å². The zero-order valence-corrected chi connectivity index (χ0v) is 15.7. The van der Waals surface area contributed by atoms with Crippen molar-refractivity contribution in [2.75, 3.05) is 7.11 Å². The summed E-state index contributed by atoms with van der Waals surface area (Å²) in [4.78, 5) is 24.7. The molecule has 0 amide bonds. The number of methoxy groups -OCH3 is 1. The van der Waals surface area contributed by atoms with Gasteiger partial charge < -0.3 is 13.9 Å². The lowest BCUT2D eigenvalue weighted by atomic mass is 10.1. The van der Waals surface area contributed by atoms with Gasteiger partial charge in [-0.05, 0) is 30.3 Å². The summed E-state index contributed by atoms with van der Waals surface area (Å²) in [6.45, 7) is -0.221. The Balaban J connectivity index is 1.52. The van der Waals surface area contributed by atoms with Crippen LogP contribution in [0.25, 0.3) is 22.2 Å². The maximum atomic E-state index is 12.5. The quantitative estimate of drug-likeness (QED) is 0.476. The second-order valence-corrected chi connectivity index (χ2v) is 6.13. The molecule has 2 heterocycles. The van der Waals surface area contributed by atoms with Crippen molar-refractivity contribution in [1.29, 1.82) is 0 Å². The Morgan fingerprint density at radius 2 is 1.79 bits per heavy atom. The molecule has 0 N–H and O–H groups in total. The molecule has 0 aliphatic rings. The van der Waals surface area contributed by atoms with Crippen molar-refractivity contribution >= 4 is 16.7 Å². The molecule has 4 rings (SSSR count). The van der Waals surface area contributed by atoms with Gasteiger partial charge in [-0.25, -0.2) is 9.48 Å². The van der Waals surface area contributed by atoms with E-state index in [4.69, 9.17) is 13.9 Å². The highest BCUT2D eigenvalue weighted by Crippen LogP contribution is 2.21. The van der Waals surface area contributed by atoms with E-state index in [1.807, 2.05) is 0 Å². The number of ether oxygens (including phenoxy) is 2. The van der Waals surface area contributed by atoms with Crippen LogP contribution in [-0.2, 0) is 18.4 Å². The predicted molar refractivity (Wildman–Crippen MR) is 102 cm³/mol. The third-order valence-electron chi connectivity index (χ3n) is 4.28. The third kappa shape index (κ3) is 3.57. The normalized spacial score (nSPS) is 10.8. The molecule has 0 saturated heterocycles. The first kappa shape index (κ1) is 18.4. The predicted octanol–water partition coefficient (Wildman–Crippen LogP) is 2.35. The van der Waals surface area contributed by atoms with E-state index in [9.17, 15) is 9.59 Å². The first-order chi connectivity index (χ1) is 14.1. The summed E-state index contributed by atoms with van der Waals surface area (Å²) in [7, 11) is 3.06. The number of rotatable bonds is 5. The van der Waals surface area contributed by atoms with Crippen LogP contribution in [-0.4, -0.2) is 33.1 Å². The zero-order valence-electron chi connectivity index (χ0n) is 15.7. The number of aryl methyl sites for hydroxylation is 1. The van der Waals surface area contributed by atoms with Crippen molar-refractivity contribution in [3.63, 3.8) is 0 Å². The summed E-state index contributed by atoms with van der Waals surface area (Å²) in [5.41, 5.74) is 0.456. The van der Waals surface area contributed by atoms with Crippen molar-refractivity contribution in [3.8, 4) is 17.2 Å². The monoisotopic (exact) mass is 392 g/mol. The van der Waals surface area contributed by atoms with Crippen LogP contribution in [0.2, 0.25) is 0 Å². The number of hydrogen-bond acceptors (Lipinski definition) is 8. The molecular formula is C20H16N4O5. The fourth-order valence-electron chi connectivity index (χ4n) is 2.81. The zero-order chi connectivity index (χ0) is 20.4. The number of fused-ring (bicyclic) bond motifs is 1. The Morgan fingerprint density at radius 3 is 2.52 bits per heavy atom. The number of carbonyl (C=O) groups excluding carboxylic acids is 1. The van der Waals surface area contributed by atoms with Crippen molar-refractivity contribution < 1.29 is 18.7 Å². The smallest absolute Gasteiger partial charge is 0.359 e. The molecule has 0 fully saturated rings. The van der Waals surface area contributed by atoms with E-state index in [1.54, 1.807) is 55.6 Å². The number of hydrogen-bond donors (Lipinski definition) is 0. The van der Waals surface area contributed by atoms with E-state index in [0.717, 1.165) is 4.68 Å². The highest BCUT2D eigenvalue weighted by molar-refractivity contribution is 6.02. The van der Waals surface area contributed by atoms with Crippen LogP contribution in [0.5, 0.6) is 5.75 Å². The number of aromatic nitrogens is 4. The molecule has 29 heavy (non-hydrogen) atoms. The van der Waals surface area contributed by atoms with Gasteiger partial charge in [-0.15, -0.1) is 10.2 Å². The third-order valence-corrected chi connectivity index (χ3v) is 4.28. The van der Waals surface area contributed by atoms with Gasteiger partial charge in [-0.3, -0.25) is 4.79 Å². The van der Waals surface area contributed by atoms with Gasteiger partial charge in [0.1, 0.15) is 5.75 Å². The van der Waals surface area contributed by atoms with E-state index in [1.165, 1.54) is 7.05 Å². The molecule has 0 saturated carbocycles. The van der Waals surface area contributed by atoms with Crippen LogP contribution in [0, 0.1) is 0 Å². The summed E-state index contributed by atoms with van der Waals surface area (Å²) < 4.78 is 17.0. The molecule has 0 spiro atoms. The summed E-state index contributed by atoms with van der Waals surface area (Å²) in [5.74, 6) is 0.447. The Kier molecular flexibility index (Phi) is 4.78. The fraction of sp³-hybridized carbons (Fsp3) is 0.150. The van der Waals surface area contributed by atoms with E-state index in [2.05, 4.69) is 15.3 Å². The van der Waals surface area contributed by atoms with Gasteiger partial charge in [0, 0.05) is 18.0 Å². The van der Waals surface area contributed by atoms with E-state index in [0.29, 0.717) is 28.0 Å². The maximum absolute atomic E-state index is 12.5. The maximum Gasteiger partial charge on any atom is 0.359 e. The molecule has 9 nitrogen and oxygen atoms in total. The van der Waals surface area contributed by atoms with Crippen LogP contribution in [0.1, 0.15) is 16.4 Å². The summed E-state index contributed by atoms with van der Waals surface area (Å²) in [5, 5.41) is 12.7. The summed E-state index contributed by atoms with van der Waals surface area (Å²) in [6.07, 6.45) is 0. The summed E-state index contributed by atoms with van der Waals surface area (Å²) >= 11 is 0. The van der Waals surface area contributed by atoms with Gasteiger partial charge in [-0.2, -0.15) is 5.10 Å². The Labute approximate surface area is 164 Å². The van der Waals surface area contributed by atoms with Crippen LogP contribution >= 0.6 is 0 Å². The van der Waals surface area contributed by atoms with E-state index < -0.39 is 5.97 Å². The van der Waals surface area contributed by atoms with Crippen LogP contribution < -0.4 is 10.3 Å². The molecule has 0 atom stereocenters. The molecule has 0 bridgehead atoms. The Bertz CT molecular complexity index is 1240. The molecular weight excluding hydrogens is 376 g/mol. The van der Waals surface area contributed by atoms with Crippen LogP contribution in [0.4, 0.5) is 0 Å². The highest BCUT2D eigenvalue weighted by atomic mass is 16.5. The first-order valence-corrected chi connectivity index (χ1v) is 8.67. The van der Waals surface area contributed by atoms with Crippen molar-refractivity contribution in [2.24, 2.45) is 7.05 Å².